The highest BCUT2D eigenvalue weighted by atomic mass is 32.2. The number of piperidine rings is 1. The molecule has 4 heterocycles. The first-order chi connectivity index (χ1) is 23.6. The van der Waals surface area contributed by atoms with E-state index in [0.29, 0.717) is 43.7 Å². The number of benzene rings is 2. The number of anilines is 2. The number of aliphatic hydroxyl groups is 1. The number of amides is 1. The summed E-state index contributed by atoms with van der Waals surface area (Å²) in [6, 6.07) is 19.0. The Kier molecular flexibility index (Phi) is 9.62. The zero-order valence-electron chi connectivity index (χ0n) is 29.6. The van der Waals surface area contributed by atoms with Crippen LogP contribution in [0.3, 0.4) is 0 Å². The van der Waals surface area contributed by atoms with Gasteiger partial charge in [0.25, 0.3) is 15.9 Å². The molecule has 0 aliphatic carbocycles. The Labute approximate surface area is 294 Å². The maximum atomic E-state index is 14.5. The van der Waals surface area contributed by atoms with Crippen molar-refractivity contribution in [2.75, 3.05) is 29.3 Å². The Morgan fingerprint density at radius 2 is 1.64 bits per heavy atom. The Morgan fingerprint density at radius 3 is 2.34 bits per heavy atom. The molecule has 1 fully saturated rings. The van der Waals surface area contributed by atoms with Crippen molar-refractivity contribution in [2.45, 2.75) is 83.9 Å². The summed E-state index contributed by atoms with van der Waals surface area (Å²) in [4.78, 5) is 32.4. The van der Waals surface area contributed by atoms with Crippen LogP contribution in [0.4, 0.5) is 11.8 Å². The molecule has 50 heavy (non-hydrogen) atoms. The van der Waals surface area contributed by atoms with E-state index in [9.17, 15) is 18.3 Å². The number of hydrogen-bond acceptors (Lipinski definition) is 9. The minimum atomic E-state index is -4.18. The summed E-state index contributed by atoms with van der Waals surface area (Å²) in [5.74, 6) is 0.510. The van der Waals surface area contributed by atoms with Crippen LogP contribution in [0.15, 0.2) is 71.6 Å². The summed E-state index contributed by atoms with van der Waals surface area (Å²) in [6.45, 7) is 13.8. The molecule has 2 aliphatic heterocycles. The van der Waals surface area contributed by atoms with Crippen molar-refractivity contribution in [3.05, 3.63) is 89.1 Å². The van der Waals surface area contributed by atoms with E-state index < -0.39 is 21.7 Å². The summed E-state index contributed by atoms with van der Waals surface area (Å²) in [5.41, 5.74) is 3.34. The van der Waals surface area contributed by atoms with Gasteiger partial charge >= 0.3 is 0 Å². The van der Waals surface area contributed by atoms with Gasteiger partial charge in [-0.1, -0.05) is 51.1 Å². The van der Waals surface area contributed by atoms with Crippen molar-refractivity contribution >= 4 is 27.7 Å². The molecule has 1 atom stereocenters. The number of hydrogen-bond donors (Lipinski definition) is 2. The second-order valence-corrected chi connectivity index (χ2v) is 16.6. The van der Waals surface area contributed by atoms with Gasteiger partial charge in [0.2, 0.25) is 11.8 Å². The van der Waals surface area contributed by atoms with Gasteiger partial charge in [0.05, 0.1) is 34.5 Å². The minimum Gasteiger partial charge on any atom is -0.475 e. The monoisotopic (exact) mass is 698 g/mol. The Bertz CT molecular complexity index is 1980. The number of rotatable bonds is 5. The predicted octanol–water partition coefficient (Wildman–Crippen LogP) is 6.15. The van der Waals surface area contributed by atoms with Gasteiger partial charge in [0.1, 0.15) is 12.4 Å². The van der Waals surface area contributed by atoms with E-state index >= 15 is 0 Å². The normalized spacial score (nSPS) is 19.0. The summed E-state index contributed by atoms with van der Waals surface area (Å²) < 4.78 is 36.4. The molecule has 4 aromatic rings. The highest BCUT2D eigenvalue weighted by molar-refractivity contribution is 7.92. The van der Waals surface area contributed by atoms with Crippen molar-refractivity contribution in [1.29, 1.82) is 0 Å². The third-order valence-electron chi connectivity index (χ3n) is 9.32. The van der Waals surface area contributed by atoms with Gasteiger partial charge in [-0.3, -0.25) is 4.79 Å². The van der Waals surface area contributed by atoms with Crippen LogP contribution in [-0.2, 0) is 16.6 Å². The Balaban J connectivity index is 1.44. The molecular weight excluding hydrogens is 653 g/mol. The lowest BCUT2D eigenvalue weighted by Gasteiger charge is -2.37. The lowest BCUT2D eigenvalue weighted by atomic mass is 9.87. The first kappa shape index (κ1) is 35.3. The van der Waals surface area contributed by atoms with Gasteiger partial charge in [-0.2, -0.15) is 4.98 Å². The fraction of sp³-hybridized carbons (Fsp3) is 0.421. The number of carbonyl (C=O) groups is 1. The number of pyridine rings is 1. The largest absolute Gasteiger partial charge is 0.475 e. The molecule has 6 rings (SSSR count). The van der Waals surface area contributed by atoms with E-state index in [4.69, 9.17) is 9.72 Å². The lowest BCUT2D eigenvalue weighted by molar-refractivity contribution is 0.0349. The number of carbonyl (C=O) groups excluding carboxylic acids is 1. The molecule has 0 unspecified atom stereocenters. The molecule has 2 aromatic heterocycles. The van der Waals surface area contributed by atoms with E-state index in [0.717, 1.165) is 22.5 Å². The zero-order chi connectivity index (χ0) is 35.8. The van der Waals surface area contributed by atoms with Gasteiger partial charge in [-0.15, -0.1) is 0 Å². The molecule has 0 radical (unpaired) electrons. The molecule has 11 nitrogen and oxygen atoms in total. The predicted molar refractivity (Wildman–Crippen MR) is 194 cm³/mol. The van der Waals surface area contributed by atoms with E-state index in [-0.39, 0.29) is 46.8 Å². The first-order valence-corrected chi connectivity index (χ1v) is 18.5. The maximum absolute atomic E-state index is 14.5. The summed E-state index contributed by atoms with van der Waals surface area (Å²) in [5, 5.41) is 10.5. The topological polar surface area (TPSA) is 138 Å². The van der Waals surface area contributed by atoms with Gasteiger partial charge < -0.3 is 19.6 Å². The number of ether oxygens (including phenoxy) is 1. The van der Waals surface area contributed by atoms with Crippen LogP contribution < -0.4 is 14.4 Å². The van der Waals surface area contributed by atoms with E-state index in [1.807, 2.05) is 57.2 Å². The number of aromatic nitrogens is 3. The summed E-state index contributed by atoms with van der Waals surface area (Å²) in [7, 11) is -4.18. The fourth-order valence-corrected chi connectivity index (χ4v) is 7.66. The van der Waals surface area contributed by atoms with Gasteiger partial charge in [0.15, 0.2) is 0 Å². The van der Waals surface area contributed by atoms with Crippen molar-refractivity contribution in [1.82, 2.24) is 19.9 Å². The van der Waals surface area contributed by atoms with Crippen LogP contribution >= 0.6 is 0 Å². The van der Waals surface area contributed by atoms with Crippen LogP contribution in [0.5, 0.6) is 5.88 Å². The van der Waals surface area contributed by atoms with Crippen molar-refractivity contribution < 1.29 is 23.1 Å². The highest BCUT2D eigenvalue weighted by Crippen LogP contribution is 2.32. The summed E-state index contributed by atoms with van der Waals surface area (Å²) >= 11 is 0. The maximum Gasteiger partial charge on any atom is 0.264 e. The highest BCUT2D eigenvalue weighted by Gasteiger charge is 2.33. The van der Waals surface area contributed by atoms with Gasteiger partial charge in [-0.25, -0.2) is 23.1 Å². The molecule has 264 valence electrons. The number of sulfonamides is 1. The molecule has 2 N–H and O–H groups in total. The number of aryl methyl sites for hydroxylation is 2. The third kappa shape index (κ3) is 8.08. The second-order valence-electron chi connectivity index (χ2n) is 14.9. The van der Waals surface area contributed by atoms with Crippen LogP contribution in [0, 0.1) is 19.3 Å². The molecular formula is C38H46N6O5S. The van der Waals surface area contributed by atoms with Gasteiger partial charge in [0, 0.05) is 30.3 Å². The van der Waals surface area contributed by atoms with E-state index in [1.165, 1.54) is 12.1 Å². The molecule has 4 bridgehead atoms. The molecule has 1 saturated heterocycles. The second kappa shape index (κ2) is 13.6. The van der Waals surface area contributed by atoms with Crippen molar-refractivity contribution in [3.63, 3.8) is 0 Å². The molecule has 0 saturated carbocycles. The van der Waals surface area contributed by atoms with Crippen molar-refractivity contribution in [3.8, 4) is 17.1 Å². The smallest absolute Gasteiger partial charge is 0.264 e. The van der Waals surface area contributed by atoms with E-state index in [1.54, 1.807) is 23.1 Å². The zero-order valence-corrected chi connectivity index (χ0v) is 30.4. The third-order valence-corrected chi connectivity index (χ3v) is 10.6. The van der Waals surface area contributed by atoms with E-state index in [2.05, 4.69) is 40.4 Å². The van der Waals surface area contributed by atoms with Crippen LogP contribution in [0.1, 0.15) is 74.1 Å². The lowest BCUT2D eigenvalue weighted by Crippen LogP contribution is -2.45. The standard InChI is InChI=1S/C38H46N6O5S/c1-25-10-7-11-26(2)34(25)31-21-33-41-36(40-31)42-50(47,48)30-14-8-12-27(20-30)35(45)44(29(24-49-33)22-37(3,4)5)23-28-13-9-15-32(39-28)43-18-16-38(6,46)17-19-43/h7-15,20-21,29,46H,16-19,22-24H2,1-6H3,(H,40,41,42)/t29-/m1/s1. The number of nitrogens with zero attached hydrogens (tertiary/aromatic N) is 5. The SMILES string of the molecule is Cc1cccc(C)c1-c1cc2nc(n1)NS(=O)(=O)c1cccc(c1)C(=O)N(Cc1cccc(N3CCC(C)(O)CC3)n1)[C@H](CC(C)(C)C)CO2. The van der Waals surface area contributed by atoms with Gasteiger partial charge in [-0.05, 0) is 86.9 Å². The fourth-order valence-electron chi connectivity index (χ4n) is 6.67. The average molecular weight is 699 g/mol. The van der Waals surface area contributed by atoms with Crippen LogP contribution in [0.25, 0.3) is 11.3 Å². The Hall–Kier alpha value is -4.55. The quantitative estimate of drug-likeness (QED) is 0.252. The van der Waals surface area contributed by atoms with Crippen LogP contribution in [-0.4, -0.2) is 70.6 Å². The molecule has 2 aromatic carbocycles. The van der Waals surface area contributed by atoms with Crippen molar-refractivity contribution in [2.24, 2.45) is 5.41 Å². The number of fused-ring (bicyclic) bond motifs is 4. The summed E-state index contributed by atoms with van der Waals surface area (Å²) in [6.07, 6.45) is 1.86. The molecule has 2 aliphatic rings. The van der Waals surface area contributed by atoms with Crippen LogP contribution in [0.2, 0.25) is 0 Å². The molecule has 12 heteroatoms. The first-order valence-electron chi connectivity index (χ1n) is 17.0. The minimum absolute atomic E-state index is 0.0837. The number of nitrogens with one attached hydrogen (secondary N) is 1. The molecule has 1 amide bonds. The Morgan fingerprint density at radius 1 is 0.960 bits per heavy atom. The molecule has 0 spiro atoms. The average Bonchev–Trinajstić information content (AvgIpc) is 3.04.